The van der Waals surface area contributed by atoms with Crippen LogP contribution >= 0.6 is 11.6 Å². The lowest BCUT2D eigenvalue weighted by atomic mass is 10.0. The molecule has 1 amide bonds. The van der Waals surface area contributed by atoms with E-state index in [2.05, 4.69) is 43.4 Å². The van der Waals surface area contributed by atoms with Gasteiger partial charge in [0.15, 0.2) is 0 Å². The Morgan fingerprint density at radius 2 is 1.68 bits per heavy atom. The van der Waals surface area contributed by atoms with Crippen LogP contribution in [0.15, 0.2) is 66.7 Å². The van der Waals surface area contributed by atoms with Gasteiger partial charge in [-0.1, -0.05) is 61.8 Å². The van der Waals surface area contributed by atoms with Gasteiger partial charge in [0, 0.05) is 12.1 Å². The van der Waals surface area contributed by atoms with E-state index >= 15 is 0 Å². The van der Waals surface area contributed by atoms with Crippen LogP contribution in [0.25, 0.3) is 0 Å². The number of hydrogen-bond donors (Lipinski definition) is 1. The van der Waals surface area contributed by atoms with Crippen LogP contribution < -0.4 is 14.8 Å². The molecule has 0 saturated carbocycles. The van der Waals surface area contributed by atoms with Gasteiger partial charge in [-0.05, 0) is 74.1 Å². The quantitative estimate of drug-likeness (QED) is 0.179. The minimum atomic E-state index is -0.328. The molecule has 202 valence electrons. The Kier molecular flexibility index (Phi) is 11.0. The molecule has 1 unspecified atom stereocenters. The molecule has 7 heteroatoms. The maximum atomic E-state index is 13.0. The second kappa shape index (κ2) is 14.4. The van der Waals surface area contributed by atoms with Gasteiger partial charge in [-0.3, -0.25) is 9.59 Å². The number of para-hydroxylation sites is 1. The minimum Gasteiger partial charge on any atom is -0.493 e. The number of halogens is 1. The van der Waals surface area contributed by atoms with E-state index in [1.807, 2.05) is 6.92 Å². The highest BCUT2D eigenvalue weighted by atomic mass is 35.5. The standard InChI is InChI=1S/C31H36ClNO5/c1-5-36-30(34)11-8-18-37-28-10-7-6-9-26(28)31(35)33-25-16-17-29(27(32)20-25)38-22(4)24-14-12-23(13-15-24)19-21(2)3/h6-7,9-10,12-17,20-22H,5,8,11,18-19H2,1-4H3,(H,33,35). The number of benzene rings is 3. The van der Waals surface area contributed by atoms with E-state index in [0.717, 1.165) is 12.0 Å². The van der Waals surface area contributed by atoms with Gasteiger partial charge >= 0.3 is 5.97 Å². The van der Waals surface area contributed by atoms with E-state index in [1.165, 1.54) is 5.56 Å². The lowest BCUT2D eigenvalue weighted by Crippen LogP contribution is -2.14. The van der Waals surface area contributed by atoms with Crippen molar-refractivity contribution in [3.63, 3.8) is 0 Å². The molecule has 0 fully saturated rings. The molecule has 38 heavy (non-hydrogen) atoms. The van der Waals surface area contributed by atoms with Crippen molar-refractivity contribution in [3.8, 4) is 11.5 Å². The summed E-state index contributed by atoms with van der Waals surface area (Å²) in [5.74, 6) is 0.990. The maximum absolute atomic E-state index is 13.0. The normalized spacial score (nSPS) is 11.6. The zero-order chi connectivity index (χ0) is 27.5. The van der Waals surface area contributed by atoms with E-state index in [4.69, 9.17) is 25.8 Å². The monoisotopic (exact) mass is 537 g/mol. The number of ether oxygens (including phenoxy) is 3. The zero-order valence-corrected chi connectivity index (χ0v) is 23.2. The molecular weight excluding hydrogens is 502 g/mol. The summed E-state index contributed by atoms with van der Waals surface area (Å²) in [7, 11) is 0. The highest BCUT2D eigenvalue weighted by Gasteiger charge is 2.15. The minimum absolute atomic E-state index is 0.186. The number of carbonyl (C=O) groups excluding carboxylic acids is 2. The molecule has 0 aromatic heterocycles. The second-order valence-electron chi connectivity index (χ2n) is 9.45. The molecule has 0 aliphatic carbocycles. The van der Waals surface area contributed by atoms with Crippen LogP contribution in [0.1, 0.15) is 68.1 Å². The third kappa shape index (κ3) is 8.80. The molecule has 3 rings (SSSR count). The molecule has 0 heterocycles. The molecule has 0 aliphatic heterocycles. The van der Waals surface area contributed by atoms with E-state index in [9.17, 15) is 9.59 Å². The number of anilines is 1. The first-order valence-corrected chi connectivity index (χ1v) is 13.4. The Morgan fingerprint density at radius 1 is 0.947 bits per heavy atom. The van der Waals surface area contributed by atoms with Crippen molar-refractivity contribution in [2.75, 3.05) is 18.5 Å². The Balaban J connectivity index is 1.59. The maximum Gasteiger partial charge on any atom is 0.305 e. The van der Waals surface area contributed by atoms with Gasteiger partial charge in [-0.25, -0.2) is 0 Å². The number of amides is 1. The van der Waals surface area contributed by atoms with Crippen LogP contribution in [0, 0.1) is 5.92 Å². The van der Waals surface area contributed by atoms with Crippen molar-refractivity contribution >= 4 is 29.2 Å². The molecule has 0 spiro atoms. The first kappa shape index (κ1) is 29.1. The number of esters is 1. The van der Waals surface area contributed by atoms with E-state index in [-0.39, 0.29) is 24.4 Å². The van der Waals surface area contributed by atoms with Crippen molar-refractivity contribution in [1.29, 1.82) is 0 Å². The van der Waals surface area contributed by atoms with E-state index in [1.54, 1.807) is 49.4 Å². The lowest BCUT2D eigenvalue weighted by Gasteiger charge is -2.17. The van der Waals surface area contributed by atoms with Crippen LogP contribution in [-0.4, -0.2) is 25.1 Å². The Labute approximate surface area is 230 Å². The fourth-order valence-corrected chi connectivity index (χ4v) is 4.16. The van der Waals surface area contributed by atoms with Gasteiger partial charge in [-0.2, -0.15) is 0 Å². The first-order valence-electron chi connectivity index (χ1n) is 13.0. The molecule has 0 radical (unpaired) electrons. The number of rotatable bonds is 13. The van der Waals surface area contributed by atoms with Crippen LogP contribution in [-0.2, 0) is 16.0 Å². The SMILES string of the molecule is CCOC(=O)CCCOc1ccccc1C(=O)Nc1ccc(OC(C)c2ccc(CC(C)C)cc2)c(Cl)c1. The molecule has 3 aromatic carbocycles. The van der Waals surface area contributed by atoms with Crippen LogP contribution in [0.2, 0.25) is 5.02 Å². The third-order valence-corrected chi connectivity index (χ3v) is 6.10. The van der Waals surface area contributed by atoms with E-state index < -0.39 is 0 Å². The van der Waals surface area contributed by atoms with Crippen molar-refractivity contribution < 1.29 is 23.8 Å². The van der Waals surface area contributed by atoms with Crippen LogP contribution in [0.5, 0.6) is 11.5 Å². The van der Waals surface area contributed by atoms with Crippen molar-refractivity contribution in [3.05, 3.63) is 88.4 Å². The molecule has 3 aromatic rings. The fraction of sp³-hybridized carbons (Fsp3) is 0.355. The molecule has 0 bridgehead atoms. The Bertz CT molecular complexity index is 1210. The molecule has 1 N–H and O–H groups in total. The van der Waals surface area contributed by atoms with Crippen molar-refractivity contribution in [2.24, 2.45) is 5.92 Å². The summed E-state index contributed by atoms with van der Waals surface area (Å²) >= 11 is 6.50. The van der Waals surface area contributed by atoms with Gasteiger partial charge in [0.2, 0.25) is 0 Å². The van der Waals surface area contributed by atoms with Crippen molar-refractivity contribution in [1.82, 2.24) is 0 Å². The van der Waals surface area contributed by atoms with Gasteiger partial charge in [-0.15, -0.1) is 0 Å². The Hall–Kier alpha value is -3.51. The molecule has 6 nitrogen and oxygen atoms in total. The highest BCUT2D eigenvalue weighted by Crippen LogP contribution is 2.32. The summed E-state index contributed by atoms with van der Waals surface area (Å²) in [6, 6.07) is 20.6. The average Bonchev–Trinajstić information content (AvgIpc) is 2.88. The lowest BCUT2D eigenvalue weighted by molar-refractivity contribution is -0.143. The predicted octanol–water partition coefficient (Wildman–Crippen LogP) is 7.65. The number of carbonyl (C=O) groups is 2. The summed E-state index contributed by atoms with van der Waals surface area (Å²) in [6.45, 7) is 8.80. The largest absolute Gasteiger partial charge is 0.493 e. The number of hydrogen-bond acceptors (Lipinski definition) is 5. The Morgan fingerprint density at radius 3 is 2.37 bits per heavy atom. The van der Waals surface area contributed by atoms with Crippen LogP contribution in [0.3, 0.4) is 0 Å². The van der Waals surface area contributed by atoms with Gasteiger partial charge in [0.25, 0.3) is 5.91 Å². The summed E-state index contributed by atoms with van der Waals surface area (Å²) in [5.41, 5.74) is 3.28. The second-order valence-corrected chi connectivity index (χ2v) is 9.86. The van der Waals surface area contributed by atoms with Crippen molar-refractivity contribution in [2.45, 2.75) is 53.1 Å². The summed E-state index contributed by atoms with van der Waals surface area (Å²) < 4.78 is 16.8. The van der Waals surface area contributed by atoms with E-state index in [0.29, 0.717) is 53.3 Å². The first-order chi connectivity index (χ1) is 18.3. The number of nitrogens with one attached hydrogen (secondary N) is 1. The smallest absolute Gasteiger partial charge is 0.305 e. The topological polar surface area (TPSA) is 73.9 Å². The third-order valence-electron chi connectivity index (χ3n) is 5.81. The van der Waals surface area contributed by atoms with Gasteiger partial charge in [0.05, 0.1) is 23.8 Å². The zero-order valence-electron chi connectivity index (χ0n) is 22.5. The predicted molar refractivity (Wildman–Crippen MR) is 151 cm³/mol. The molecular formula is C31H36ClNO5. The summed E-state index contributed by atoms with van der Waals surface area (Å²) in [4.78, 5) is 24.5. The van der Waals surface area contributed by atoms with Gasteiger partial charge in [0.1, 0.15) is 17.6 Å². The average molecular weight is 538 g/mol. The molecule has 0 saturated heterocycles. The molecule has 1 atom stereocenters. The summed E-state index contributed by atoms with van der Waals surface area (Å²) in [5, 5.41) is 3.26. The molecule has 0 aliphatic rings. The summed E-state index contributed by atoms with van der Waals surface area (Å²) in [6.07, 6.45) is 1.61. The van der Waals surface area contributed by atoms with Gasteiger partial charge < -0.3 is 19.5 Å². The fourth-order valence-electron chi connectivity index (χ4n) is 3.94. The highest BCUT2D eigenvalue weighted by molar-refractivity contribution is 6.32. The van der Waals surface area contributed by atoms with Crippen LogP contribution in [0.4, 0.5) is 5.69 Å².